The third kappa shape index (κ3) is 73.1. The Labute approximate surface area is 197 Å². The summed E-state index contributed by atoms with van der Waals surface area (Å²) >= 11 is 0. The van der Waals surface area contributed by atoms with Crippen LogP contribution in [0.4, 0.5) is 0 Å². The van der Waals surface area contributed by atoms with Crippen LogP contribution in [0.15, 0.2) is 0 Å². The number of likely N-dealkylation sites (N-methyl/N-ethyl adjacent to an activating group) is 3. The molecule has 0 spiro atoms. The van der Waals surface area contributed by atoms with Gasteiger partial charge in [0.2, 0.25) is 0 Å². The zero-order chi connectivity index (χ0) is 19.8. The molecule has 0 aliphatic rings. The molecular formula is C21H50LiMgN3. The van der Waals surface area contributed by atoms with Gasteiger partial charge in [-0.3, -0.25) is 0 Å². The zero-order valence-electron chi connectivity index (χ0n) is 20.2. The molecule has 0 amide bonds. The molecule has 0 aliphatic heterocycles. The van der Waals surface area contributed by atoms with Gasteiger partial charge in [-0.1, -0.05) is 40.0 Å². The summed E-state index contributed by atoms with van der Waals surface area (Å²) in [5.41, 5.74) is 0. The van der Waals surface area contributed by atoms with E-state index < -0.39 is 0 Å². The second-order valence-electron chi connectivity index (χ2n) is 6.47. The Kier molecular flexibility index (Phi) is 65.3. The monoisotopic (exact) mass is 375 g/mol. The Morgan fingerprint density at radius 2 is 0.731 bits per heavy atom. The smallest absolute Gasteiger partial charge is 0.343 e. The first-order valence-electron chi connectivity index (χ1n) is 9.62. The Balaban J connectivity index is -0.0000000597. The number of rotatable bonds is 9. The van der Waals surface area contributed by atoms with Crippen LogP contribution in [0.5, 0.6) is 0 Å². The van der Waals surface area contributed by atoms with Crippen LogP contribution in [0.2, 0.25) is 0 Å². The maximum absolute atomic E-state index is 3.60. The average molecular weight is 376 g/mol. The Hall–Kier alpha value is 1.24. The van der Waals surface area contributed by atoms with Crippen LogP contribution in [0.1, 0.15) is 59.3 Å². The SMILES string of the molecule is CN(C)CCN(C)CCN(C)C.[CH2-]CCC.[CH2-]CCC.[CH2-]CCC.[Li+].[Mg+2]. The third-order valence-electron chi connectivity index (χ3n) is 2.92. The first kappa shape index (κ1) is 41.6. The average Bonchev–Trinajstić information content (AvgIpc) is 2.58. The van der Waals surface area contributed by atoms with Gasteiger partial charge >= 0.3 is 41.9 Å². The van der Waals surface area contributed by atoms with Crippen LogP contribution in [-0.4, -0.2) is 99.2 Å². The quantitative estimate of drug-likeness (QED) is 0.447. The van der Waals surface area contributed by atoms with Crippen molar-refractivity contribution in [1.29, 1.82) is 0 Å². The standard InChI is InChI=1S/C9H23N3.3C4H9.Li.Mg/c1-10(2)6-8-12(5)9-7-11(3)4;3*1-3-4-2;;/h6-9H2,1-5H3;3*1,3-4H2,2H3;;/q;3*-1;+1;+2. The van der Waals surface area contributed by atoms with Crippen LogP contribution in [0, 0.1) is 20.8 Å². The molecule has 0 heterocycles. The van der Waals surface area contributed by atoms with E-state index in [1.165, 1.54) is 19.3 Å². The summed E-state index contributed by atoms with van der Waals surface area (Å²) in [5.74, 6) is 0. The van der Waals surface area contributed by atoms with E-state index in [0.29, 0.717) is 0 Å². The summed E-state index contributed by atoms with van der Waals surface area (Å²) in [7, 11) is 10.6. The van der Waals surface area contributed by atoms with Gasteiger partial charge in [0.25, 0.3) is 0 Å². The molecule has 0 bridgehead atoms. The molecule has 0 fully saturated rings. The van der Waals surface area contributed by atoms with E-state index in [2.05, 4.69) is 91.5 Å². The number of nitrogens with zero attached hydrogens (tertiary/aromatic N) is 3. The number of hydrogen-bond donors (Lipinski definition) is 0. The second-order valence-corrected chi connectivity index (χ2v) is 6.47. The fourth-order valence-electron chi connectivity index (χ4n) is 0.853. The van der Waals surface area contributed by atoms with Crippen molar-refractivity contribution in [2.45, 2.75) is 59.3 Å². The van der Waals surface area contributed by atoms with Gasteiger partial charge in [0.15, 0.2) is 0 Å². The van der Waals surface area contributed by atoms with Crippen molar-refractivity contribution in [2.75, 3.05) is 61.4 Å². The van der Waals surface area contributed by atoms with E-state index in [4.69, 9.17) is 0 Å². The molecule has 152 valence electrons. The van der Waals surface area contributed by atoms with Crippen molar-refractivity contribution >= 4 is 23.1 Å². The summed E-state index contributed by atoms with van der Waals surface area (Å²) < 4.78 is 0. The molecule has 0 saturated carbocycles. The fraction of sp³-hybridized carbons (Fsp3) is 0.857. The molecule has 0 rings (SSSR count). The van der Waals surface area contributed by atoms with Gasteiger partial charge in [-0.25, -0.2) is 0 Å². The molecule has 0 aromatic carbocycles. The normalized spacial score (nSPS) is 9.00. The van der Waals surface area contributed by atoms with Crippen molar-refractivity contribution in [1.82, 2.24) is 14.7 Å². The molecular weight excluding hydrogens is 325 g/mol. The Morgan fingerprint density at radius 3 is 0.846 bits per heavy atom. The molecule has 0 radical (unpaired) electrons. The molecule has 0 aromatic rings. The summed E-state index contributed by atoms with van der Waals surface area (Å²) in [6, 6.07) is 0. The van der Waals surface area contributed by atoms with E-state index >= 15 is 0 Å². The molecule has 0 N–H and O–H groups in total. The van der Waals surface area contributed by atoms with Crippen LogP contribution in [0.3, 0.4) is 0 Å². The molecule has 26 heavy (non-hydrogen) atoms. The fourth-order valence-corrected chi connectivity index (χ4v) is 0.853. The van der Waals surface area contributed by atoms with E-state index in [0.717, 1.165) is 45.4 Å². The topological polar surface area (TPSA) is 9.72 Å². The van der Waals surface area contributed by atoms with E-state index in [1.54, 1.807) is 0 Å². The first-order chi connectivity index (χ1) is 11.3. The van der Waals surface area contributed by atoms with Gasteiger partial charge in [0, 0.05) is 26.2 Å². The predicted octanol–water partition coefficient (Wildman–Crippen LogP) is 1.53. The zero-order valence-corrected chi connectivity index (χ0v) is 21.7. The minimum Gasteiger partial charge on any atom is -0.343 e. The summed E-state index contributed by atoms with van der Waals surface area (Å²) in [6.07, 6.45) is 6.83. The second kappa shape index (κ2) is 40.8. The van der Waals surface area contributed by atoms with Crippen molar-refractivity contribution in [3.63, 3.8) is 0 Å². The Morgan fingerprint density at radius 1 is 0.538 bits per heavy atom. The number of unbranched alkanes of at least 4 members (excludes halogenated alkanes) is 3. The summed E-state index contributed by atoms with van der Waals surface area (Å²) in [6.45, 7) is 21.8. The number of hydrogen-bond acceptors (Lipinski definition) is 3. The summed E-state index contributed by atoms with van der Waals surface area (Å²) in [4.78, 5) is 6.79. The molecule has 0 aliphatic carbocycles. The minimum absolute atomic E-state index is 0. The van der Waals surface area contributed by atoms with Crippen LogP contribution >= 0.6 is 0 Å². The van der Waals surface area contributed by atoms with Gasteiger partial charge in [-0.15, -0.1) is 0 Å². The molecule has 0 unspecified atom stereocenters. The van der Waals surface area contributed by atoms with Crippen LogP contribution < -0.4 is 18.9 Å². The van der Waals surface area contributed by atoms with Gasteiger partial charge in [-0.2, -0.15) is 19.3 Å². The first-order valence-corrected chi connectivity index (χ1v) is 9.62. The van der Waals surface area contributed by atoms with Crippen molar-refractivity contribution in [3.05, 3.63) is 20.8 Å². The predicted molar refractivity (Wildman–Crippen MR) is 121 cm³/mol. The molecule has 0 saturated heterocycles. The molecule has 0 atom stereocenters. The van der Waals surface area contributed by atoms with Gasteiger partial charge in [0.05, 0.1) is 0 Å². The Bertz CT molecular complexity index is 155. The van der Waals surface area contributed by atoms with Crippen molar-refractivity contribution in [3.8, 4) is 0 Å². The van der Waals surface area contributed by atoms with Crippen LogP contribution in [0.25, 0.3) is 0 Å². The van der Waals surface area contributed by atoms with E-state index in [1.807, 2.05) is 0 Å². The summed E-state index contributed by atoms with van der Waals surface area (Å²) in [5, 5.41) is 0. The van der Waals surface area contributed by atoms with E-state index in [9.17, 15) is 0 Å². The van der Waals surface area contributed by atoms with Gasteiger partial charge in [0.1, 0.15) is 0 Å². The molecule has 5 heteroatoms. The largest absolute Gasteiger partial charge is 2.00 e. The molecule has 3 nitrogen and oxygen atoms in total. The van der Waals surface area contributed by atoms with Gasteiger partial charge in [-0.05, 0) is 35.2 Å². The minimum atomic E-state index is 0. The maximum atomic E-state index is 3.60. The van der Waals surface area contributed by atoms with E-state index in [-0.39, 0.29) is 41.9 Å². The van der Waals surface area contributed by atoms with Crippen LogP contribution in [-0.2, 0) is 0 Å². The van der Waals surface area contributed by atoms with Gasteiger partial charge < -0.3 is 35.5 Å². The van der Waals surface area contributed by atoms with Crippen molar-refractivity contribution < 1.29 is 18.9 Å². The third-order valence-corrected chi connectivity index (χ3v) is 2.92. The van der Waals surface area contributed by atoms with Crippen molar-refractivity contribution in [2.24, 2.45) is 0 Å². The molecule has 0 aromatic heterocycles. The maximum Gasteiger partial charge on any atom is 2.00 e.